The summed E-state index contributed by atoms with van der Waals surface area (Å²) in [7, 11) is -4.10. The van der Waals surface area contributed by atoms with Crippen LogP contribution in [0.1, 0.15) is 78.6 Å². The van der Waals surface area contributed by atoms with Crippen molar-refractivity contribution in [2.24, 2.45) is 16.7 Å². The van der Waals surface area contributed by atoms with Gasteiger partial charge in [0.25, 0.3) is 0 Å². The molecule has 1 aliphatic heterocycles. The Hall–Kier alpha value is -0.730. The smallest absolute Gasteiger partial charge is 0.181 e. The average Bonchev–Trinajstić information content (AvgIpc) is 2.97. The zero-order valence-electron chi connectivity index (χ0n) is 18.5. The lowest BCUT2D eigenvalue weighted by Gasteiger charge is -2.37. The predicted octanol–water partition coefficient (Wildman–Crippen LogP) is 3.04. The number of unbranched alkanes of at least 4 members (excludes halogenated alkanes) is 2. The van der Waals surface area contributed by atoms with Crippen LogP contribution < -0.4 is 0 Å². The van der Waals surface area contributed by atoms with Gasteiger partial charge in [0.05, 0.1) is 28.7 Å². The fourth-order valence-corrected chi connectivity index (χ4v) is 8.58. The van der Waals surface area contributed by atoms with Gasteiger partial charge in [-0.1, -0.05) is 33.6 Å². The molecule has 0 radical (unpaired) electrons. The number of rotatable bonds is 8. The van der Waals surface area contributed by atoms with E-state index in [0.29, 0.717) is 37.2 Å². The molecule has 0 amide bonds. The number of Topliss-reactive ketones (excluding diaryl/α,β-unsaturated/α-hetero) is 3. The zero-order chi connectivity index (χ0) is 22.6. The van der Waals surface area contributed by atoms with Crippen molar-refractivity contribution in [1.29, 1.82) is 0 Å². The molecule has 6 nitrogen and oxygen atoms in total. The van der Waals surface area contributed by atoms with Crippen LogP contribution in [0.15, 0.2) is 0 Å². The van der Waals surface area contributed by atoms with Gasteiger partial charge in [-0.15, -0.1) is 0 Å². The van der Waals surface area contributed by atoms with Crippen molar-refractivity contribution in [2.45, 2.75) is 78.6 Å². The van der Waals surface area contributed by atoms with Crippen LogP contribution in [0.5, 0.6) is 0 Å². The molecule has 3 fully saturated rings. The molecule has 2 unspecified atom stereocenters. The summed E-state index contributed by atoms with van der Waals surface area (Å²) in [6.45, 7) is 5.99. The molecular formula is C22H36O6S2. The molecule has 2 bridgehead atoms. The summed E-state index contributed by atoms with van der Waals surface area (Å²) in [5.41, 5.74) is -1.22. The summed E-state index contributed by atoms with van der Waals surface area (Å²) in [6.07, 6.45) is 7.45. The molecule has 0 aromatic carbocycles. The van der Waals surface area contributed by atoms with Crippen LogP contribution in [0.25, 0.3) is 0 Å². The van der Waals surface area contributed by atoms with Gasteiger partial charge in [0.2, 0.25) is 0 Å². The highest BCUT2D eigenvalue weighted by Crippen LogP contribution is 2.64. The first-order chi connectivity index (χ1) is 13.9. The molecule has 3 aliphatic rings. The average molecular weight is 461 g/mol. The Morgan fingerprint density at radius 1 is 1.17 bits per heavy atom. The Bertz CT molecular complexity index is 748. The molecule has 2 atom stereocenters. The minimum atomic E-state index is -4.33. The van der Waals surface area contributed by atoms with E-state index in [1.54, 1.807) is 0 Å². The molecule has 0 aromatic rings. The minimum absolute atomic E-state index is 0.0248. The van der Waals surface area contributed by atoms with Gasteiger partial charge in [0.1, 0.15) is 23.1 Å². The molecule has 0 spiro atoms. The van der Waals surface area contributed by atoms with Crippen LogP contribution >= 0.6 is 0 Å². The molecule has 8 heteroatoms. The van der Waals surface area contributed by atoms with Gasteiger partial charge in [-0.3, -0.25) is 14.4 Å². The lowest BCUT2D eigenvalue weighted by molar-refractivity contribution is -0.128. The molecule has 172 valence electrons. The van der Waals surface area contributed by atoms with E-state index in [2.05, 4.69) is 6.92 Å². The Labute approximate surface area is 184 Å². The second-order valence-electron chi connectivity index (χ2n) is 9.57. The van der Waals surface area contributed by atoms with E-state index in [9.17, 15) is 27.4 Å². The highest BCUT2D eigenvalue weighted by atomic mass is 32.2. The number of carbonyl (C=O) groups excluding carboxylic acids is 3. The predicted molar refractivity (Wildman–Crippen MR) is 118 cm³/mol. The molecule has 2 saturated carbocycles. The molecule has 0 N–H and O–H groups in total. The lowest BCUT2D eigenvalue weighted by Crippen LogP contribution is -2.42. The number of hydrogen-bond donors (Lipinski definition) is 0. The minimum Gasteiger partial charge on any atom is -0.748 e. The molecule has 30 heavy (non-hydrogen) atoms. The third kappa shape index (κ3) is 6.16. The van der Waals surface area contributed by atoms with Crippen LogP contribution in [-0.2, 0) is 35.4 Å². The Morgan fingerprint density at radius 3 is 2.27 bits per heavy atom. The molecule has 0 aromatic heterocycles. The number of hydrogen-bond acceptors (Lipinski definition) is 6. The number of ketones is 3. The van der Waals surface area contributed by atoms with Gasteiger partial charge in [-0.2, -0.15) is 0 Å². The van der Waals surface area contributed by atoms with Crippen LogP contribution in [0, 0.1) is 16.7 Å². The maximum absolute atomic E-state index is 11.8. The maximum atomic E-state index is 11.8. The maximum Gasteiger partial charge on any atom is 0.181 e. The summed E-state index contributed by atoms with van der Waals surface area (Å²) < 4.78 is 32.7. The summed E-state index contributed by atoms with van der Waals surface area (Å²) in [5.74, 6) is 3.21. The van der Waals surface area contributed by atoms with Crippen molar-refractivity contribution in [3.05, 3.63) is 0 Å². The third-order valence-electron chi connectivity index (χ3n) is 7.33. The standard InChI is InChI=1S/C12H21O2S.C10H16O4S/c1-2-3-4-5-12(14)10-15-8-6-11(13)7-9-15;1-9(2)7-3-4-10(9,8(11)5-7)6-15(12,13)14/h2-10H2,1H3;7H,3-6H2,1-2H3,(H,12,13,14)/q+1;/p-1. The van der Waals surface area contributed by atoms with Crippen molar-refractivity contribution < 1.29 is 27.4 Å². The van der Waals surface area contributed by atoms with Crippen LogP contribution in [-0.4, -0.2) is 53.3 Å². The van der Waals surface area contributed by atoms with Gasteiger partial charge >= 0.3 is 0 Å². The largest absolute Gasteiger partial charge is 0.748 e. The Balaban J connectivity index is 0.000000214. The first-order valence-electron chi connectivity index (χ1n) is 11.1. The zero-order valence-corrected chi connectivity index (χ0v) is 20.2. The molecular weight excluding hydrogens is 424 g/mol. The van der Waals surface area contributed by atoms with E-state index in [0.717, 1.165) is 42.9 Å². The van der Waals surface area contributed by atoms with Gasteiger partial charge < -0.3 is 4.55 Å². The van der Waals surface area contributed by atoms with E-state index in [4.69, 9.17) is 0 Å². The monoisotopic (exact) mass is 460 g/mol. The summed E-state index contributed by atoms with van der Waals surface area (Å²) in [6, 6.07) is 0. The van der Waals surface area contributed by atoms with Crippen molar-refractivity contribution in [3.63, 3.8) is 0 Å². The molecule has 3 rings (SSSR count). The normalized spacial score (nSPS) is 28.3. The SMILES string of the molecule is CC1(C)C2CCC1(CS(=O)(=O)[O-])C(=O)C2.CCCCCC(=O)C[S+]1CCC(=O)CC1. The first-order valence-corrected chi connectivity index (χ1v) is 14.4. The lowest BCUT2D eigenvalue weighted by atomic mass is 9.70. The van der Waals surface area contributed by atoms with E-state index in [1.807, 2.05) is 13.8 Å². The van der Waals surface area contributed by atoms with Crippen LogP contribution in [0.2, 0.25) is 0 Å². The van der Waals surface area contributed by atoms with Gasteiger partial charge in [-0.25, -0.2) is 8.42 Å². The van der Waals surface area contributed by atoms with Gasteiger partial charge in [-0.05, 0) is 41.5 Å². The Morgan fingerprint density at radius 2 is 1.80 bits per heavy atom. The van der Waals surface area contributed by atoms with Gasteiger partial charge in [0.15, 0.2) is 11.5 Å². The molecule has 1 saturated heterocycles. The Kier molecular flexibility index (Phi) is 8.73. The van der Waals surface area contributed by atoms with Crippen LogP contribution in [0.3, 0.4) is 0 Å². The fourth-order valence-electron chi connectivity index (χ4n) is 5.17. The van der Waals surface area contributed by atoms with Crippen LogP contribution in [0.4, 0.5) is 0 Å². The summed E-state index contributed by atoms with van der Waals surface area (Å²) >= 11 is 0. The third-order valence-corrected chi connectivity index (χ3v) is 10.5. The summed E-state index contributed by atoms with van der Waals surface area (Å²) in [5, 5.41) is 0. The highest BCUT2D eigenvalue weighted by molar-refractivity contribution is 7.97. The quantitative estimate of drug-likeness (QED) is 0.313. The number of carbonyl (C=O) groups is 3. The summed E-state index contributed by atoms with van der Waals surface area (Å²) in [4.78, 5) is 34.5. The van der Waals surface area contributed by atoms with E-state index < -0.39 is 21.3 Å². The van der Waals surface area contributed by atoms with Crippen molar-refractivity contribution >= 4 is 38.4 Å². The van der Waals surface area contributed by atoms with Crippen molar-refractivity contribution in [1.82, 2.24) is 0 Å². The second-order valence-corrected chi connectivity index (χ2v) is 13.3. The highest BCUT2D eigenvalue weighted by Gasteiger charge is 2.64. The van der Waals surface area contributed by atoms with E-state index in [-0.39, 0.29) is 28.0 Å². The second kappa shape index (κ2) is 10.3. The number of fused-ring (bicyclic) bond motifs is 2. The molecule has 2 aliphatic carbocycles. The van der Waals surface area contributed by atoms with E-state index in [1.165, 1.54) is 6.42 Å². The van der Waals surface area contributed by atoms with Gasteiger partial charge in [0, 0.05) is 18.3 Å². The topological polar surface area (TPSA) is 108 Å². The first kappa shape index (κ1) is 25.5. The van der Waals surface area contributed by atoms with Crippen molar-refractivity contribution in [3.8, 4) is 0 Å². The van der Waals surface area contributed by atoms with E-state index >= 15 is 0 Å². The van der Waals surface area contributed by atoms with Crippen molar-refractivity contribution in [2.75, 3.05) is 23.0 Å². The fraction of sp³-hybridized carbons (Fsp3) is 0.864. The molecule has 1 heterocycles.